The molecule has 0 aliphatic heterocycles. The van der Waals surface area contributed by atoms with E-state index in [0.717, 1.165) is 22.2 Å². The minimum atomic E-state index is -0.819. The first-order valence-corrected chi connectivity index (χ1v) is 9.73. The van der Waals surface area contributed by atoms with E-state index in [2.05, 4.69) is 30.2 Å². The van der Waals surface area contributed by atoms with Crippen LogP contribution in [-0.2, 0) is 0 Å². The molecule has 8 nitrogen and oxygen atoms in total. The van der Waals surface area contributed by atoms with Crippen LogP contribution in [0.15, 0.2) is 42.9 Å². The number of aromatic nitrogens is 5. The Balaban J connectivity index is 1.68. The Hall–Kier alpha value is -3.52. The van der Waals surface area contributed by atoms with Crippen LogP contribution in [0, 0.1) is 6.92 Å². The zero-order chi connectivity index (χ0) is 21.3. The molecule has 4 heterocycles. The van der Waals surface area contributed by atoms with E-state index in [1.54, 1.807) is 25.7 Å². The van der Waals surface area contributed by atoms with Gasteiger partial charge in [0.25, 0.3) is 0 Å². The molecule has 0 fully saturated rings. The van der Waals surface area contributed by atoms with E-state index in [1.807, 2.05) is 45.0 Å². The molecule has 0 radical (unpaired) electrons. The highest BCUT2D eigenvalue weighted by atomic mass is 16.5. The Kier molecular flexibility index (Phi) is 5.33. The van der Waals surface area contributed by atoms with Gasteiger partial charge in [-0.1, -0.05) is 6.07 Å². The van der Waals surface area contributed by atoms with Gasteiger partial charge in [0.1, 0.15) is 11.8 Å². The van der Waals surface area contributed by atoms with Crippen LogP contribution < -0.4 is 10.1 Å². The van der Waals surface area contributed by atoms with Gasteiger partial charge < -0.3 is 20.1 Å². The second kappa shape index (κ2) is 8.08. The lowest BCUT2D eigenvalue weighted by Crippen LogP contribution is -2.13. The van der Waals surface area contributed by atoms with Crippen molar-refractivity contribution in [3.8, 4) is 17.1 Å². The molecule has 0 aromatic carbocycles. The van der Waals surface area contributed by atoms with E-state index in [1.165, 1.54) is 0 Å². The van der Waals surface area contributed by atoms with E-state index in [-0.39, 0.29) is 6.04 Å². The van der Waals surface area contributed by atoms with Crippen molar-refractivity contribution in [2.45, 2.75) is 32.9 Å². The van der Waals surface area contributed by atoms with Crippen molar-refractivity contribution in [1.29, 1.82) is 0 Å². The van der Waals surface area contributed by atoms with Gasteiger partial charge >= 0.3 is 0 Å². The third kappa shape index (κ3) is 3.69. The van der Waals surface area contributed by atoms with Gasteiger partial charge in [0.05, 0.1) is 18.4 Å². The summed E-state index contributed by atoms with van der Waals surface area (Å²) in [5.74, 6) is 0.943. The molecule has 30 heavy (non-hydrogen) atoms. The minimum Gasteiger partial charge on any atom is -0.480 e. The average molecular weight is 404 g/mol. The SMILES string of the molecule is COc1nc(NC(C)C)ncc1-c1ccc(C(O)c2c[nH]c3ncccc23)c(C)n1. The first-order chi connectivity index (χ1) is 14.5. The molecule has 4 rings (SSSR count). The van der Waals surface area contributed by atoms with Crippen LogP contribution in [0.25, 0.3) is 22.3 Å². The third-order valence-corrected chi connectivity index (χ3v) is 4.84. The summed E-state index contributed by atoms with van der Waals surface area (Å²) in [5, 5.41) is 15.0. The van der Waals surface area contributed by atoms with E-state index in [0.29, 0.717) is 28.8 Å². The van der Waals surface area contributed by atoms with Crippen molar-refractivity contribution in [1.82, 2.24) is 24.9 Å². The van der Waals surface area contributed by atoms with Crippen LogP contribution in [0.3, 0.4) is 0 Å². The number of methoxy groups -OCH3 is 1. The molecule has 0 saturated carbocycles. The number of hydrogen-bond acceptors (Lipinski definition) is 7. The summed E-state index contributed by atoms with van der Waals surface area (Å²) in [7, 11) is 1.57. The lowest BCUT2D eigenvalue weighted by molar-refractivity contribution is 0.220. The largest absolute Gasteiger partial charge is 0.480 e. The van der Waals surface area contributed by atoms with Crippen molar-refractivity contribution >= 4 is 17.0 Å². The van der Waals surface area contributed by atoms with Crippen molar-refractivity contribution in [2.24, 2.45) is 0 Å². The van der Waals surface area contributed by atoms with Gasteiger partial charge in [0.15, 0.2) is 0 Å². The smallest absolute Gasteiger partial charge is 0.227 e. The molecular weight excluding hydrogens is 380 g/mol. The van der Waals surface area contributed by atoms with Gasteiger partial charge in [-0.25, -0.2) is 9.97 Å². The number of nitrogens with one attached hydrogen (secondary N) is 2. The topological polar surface area (TPSA) is 109 Å². The summed E-state index contributed by atoms with van der Waals surface area (Å²) in [6, 6.07) is 7.71. The first kappa shape index (κ1) is 19.8. The number of aliphatic hydroxyl groups excluding tert-OH is 1. The summed E-state index contributed by atoms with van der Waals surface area (Å²) in [4.78, 5) is 20.9. The van der Waals surface area contributed by atoms with E-state index in [9.17, 15) is 5.11 Å². The number of anilines is 1. The molecule has 154 valence electrons. The van der Waals surface area contributed by atoms with Crippen LogP contribution in [0.4, 0.5) is 5.95 Å². The maximum Gasteiger partial charge on any atom is 0.227 e. The van der Waals surface area contributed by atoms with Crippen molar-refractivity contribution in [3.63, 3.8) is 0 Å². The average Bonchev–Trinajstić information content (AvgIpc) is 3.17. The van der Waals surface area contributed by atoms with E-state index in [4.69, 9.17) is 4.74 Å². The standard InChI is InChI=1S/C22H24N6O2/c1-12(2)26-22-25-11-17(21(28-22)30-4)18-8-7-14(13(3)27-18)19(29)16-10-24-20-15(16)6-5-9-23-20/h5-12,19,29H,1-4H3,(H,23,24)(H,25,26,28). The lowest BCUT2D eigenvalue weighted by Gasteiger charge is -2.15. The predicted molar refractivity (Wildman–Crippen MR) is 115 cm³/mol. The predicted octanol–water partition coefficient (Wildman–Crippen LogP) is 3.63. The molecule has 4 aromatic heterocycles. The van der Waals surface area contributed by atoms with Crippen molar-refractivity contribution < 1.29 is 9.84 Å². The lowest BCUT2D eigenvalue weighted by atomic mass is 9.99. The maximum atomic E-state index is 11.0. The number of hydrogen-bond donors (Lipinski definition) is 3. The van der Waals surface area contributed by atoms with Gasteiger partial charge in [-0.3, -0.25) is 4.98 Å². The van der Waals surface area contributed by atoms with Crippen LogP contribution in [-0.4, -0.2) is 43.2 Å². The third-order valence-electron chi connectivity index (χ3n) is 4.84. The Labute approximate surface area is 174 Å². The molecule has 4 aromatic rings. The summed E-state index contributed by atoms with van der Waals surface area (Å²) in [6.45, 7) is 5.90. The fourth-order valence-electron chi connectivity index (χ4n) is 3.41. The zero-order valence-corrected chi connectivity index (χ0v) is 17.3. The number of aryl methyl sites for hydroxylation is 1. The summed E-state index contributed by atoms with van der Waals surface area (Å²) in [6.07, 6.45) is 4.38. The van der Waals surface area contributed by atoms with Crippen LogP contribution in [0.2, 0.25) is 0 Å². The molecule has 0 spiro atoms. The number of aromatic amines is 1. The van der Waals surface area contributed by atoms with Crippen molar-refractivity contribution in [2.75, 3.05) is 12.4 Å². The maximum absolute atomic E-state index is 11.0. The van der Waals surface area contributed by atoms with Crippen LogP contribution in [0.5, 0.6) is 5.88 Å². The van der Waals surface area contributed by atoms with Crippen LogP contribution >= 0.6 is 0 Å². The molecule has 3 N–H and O–H groups in total. The minimum absolute atomic E-state index is 0.210. The Morgan fingerprint density at radius 3 is 2.67 bits per heavy atom. The highest BCUT2D eigenvalue weighted by Crippen LogP contribution is 2.32. The zero-order valence-electron chi connectivity index (χ0n) is 17.3. The van der Waals surface area contributed by atoms with E-state index >= 15 is 0 Å². The molecule has 0 bridgehead atoms. The number of H-pyrrole nitrogens is 1. The molecule has 1 atom stereocenters. The number of fused-ring (bicyclic) bond motifs is 1. The first-order valence-electron chi connectivity index (χ1n) is 9.73. The Morgan fingerprint density at radius 1 is 1.10 bits per heavy atom. The molecule has 0 aliphatic rings. The highest BCUT2D eigenvalue weighted by Gasteiger charge is 2.20. The van der Waals surface area contributed by atoms with E-state index < -0.39 is 6.10 Å². The molecular formula is C22H24N6O2. The summed E-state index contributed by atoms with van der Waals surface area (Å²) in [5.41, 5.74) is 4.31. The van der Waals surface area contributed by atoms with Gasteiger partial charge in [-0.2, -0.15) is 4.98 Å². The monoisotopic (exact) mass is 404 g/mol. The molecule has 0 amide bonds. The molecule has 0 aliphatic carbocycles. The quantitative estimate of drug-likeness (QED) is 0.450. The molecule has 0 saturated heterocycles. The normalized spacial score (nSPS) is 12.3. The number of rotatable bonds is 6. The van der Waals surface area contributed by atoms with Gasteiger partial charge in [0, 0.05) is 46.8 Å². The Morgan fingerprint density at radius 2 is 1.93 bits per heavy atom. The fraction of sp³-hybridized carbons (Fsp3) is 0.273. The summed E-state index contributed by atoms with van der Waals surface area (Å²) < 4.78 is 5.46. The molecule has 8 heteroatoms. The number of pyridine rings is 2. The van der Waals surface area contributed by atoms with Gasteiger partial charge in [-0.15, -0.1) is 0 Å². The second-order valence-corrected chi connectivity index (χ2v) is 7.33. The Bertz CT molecular complexity index is 1190. The van der Waals surface area contributed by atoms with Crippen LogP contribution in [0.1, 0.15) is 36.8 Å². The summed E-state index contributed by atoms with van der Waals surface area (Å²) >= 11 is 0. The molecule has 1 unspecified atom stereocenters. The van der Waals surface area contributed by atoms with Gasteiger partial charge in [0.2, 0.25) is 11.8 Å². The van der Waals surface area contributed by atoms with Gasteiger partial charge in [-0.05, 0) is 39.0 Å². The number of nitrogens with zero attached hydrogens (tertiary/aromatic N) is 4. The number of aliphatic hydroxyl groups is 1. The highest BCUT2D eigenvalue weighted by molar-refractivity contribution is 5.80. The van der Waals surface area contributed by atoms with Crippen molar-refractivity contribution in [3.05, 3.63) is 59.7 Å². The fourth-order valence-corrected chi connectivity index (χ4v) is 3.41. The number of ether oxygens (including phenoxy) is 1. The second-order valence-electron chi connectivity index (χ2n) is 7.33.